The SMILES string of the molecule is C=C(C)C(=O)OCCOC(C1COC(C)(C)O1)C1COC(C)(C)O1. The molecule has 0 bridgehead atoms. The third kappa shape index (κ3) is 5.26. The summed E-state index contributed by atoms with van der Waals surface area (Å²) >= 11 is 0. The van der Waals surface area contributed by atoms with Crippen molar-refractivity contribution in [3.8, 4) is 0 Å². The Labute approximate surface area is 143 Å². The Morgan fingerprint density at radius 2 is 1.58 bits per heavy atom. The van der Waals surface area contributed by atoms with Gasteiger partial charge in [-0.2, -0.15) is 0 Å². The molecule has 2 aliphatic heterocycles. The molecule has 0 saturated carbocycles. The summed E-state index contributed by atoms with van der Waals surface area (Å²) in [5.74, 6) is -1.75. The first-order chi connectivity index (χ1) is 11.1. The van der Waals surface area contributed by atoms with Crippen molar-refractivity contribution < 1.29 is 33.2 Å². The first-order valence-electron chi connectivity index (χ1n) is 8.17. The quantitative estimate of drug-likeness (QED) is 0.396. The molecule has 0 radical (unpaired) electrons. The van der Waals surface area contributed by atoms with E-state index in [0.717, 1.165) is 0 Å². The van der Waals surface area contributed by atoms with Crippen LogP contribution in [-0.4, -0.2) is 62.3 Å². The van der Waals surface area contributed by atoms with Crippen LogP contribution in [0.1, 0.15) is 34.6 Å². The van der Waals surface area contributed by atoms with E-state index in [1.54, 1.807) is 6.92 Å². The summed E-state index contributed by atoms with van der Waals surface area (Å²) in [4.78, 5) is 11.4. The van der Waals surface area contributed by atoms with Gasteiger partial charge in [0.05, 0.1) is 19.8 Å². The van der Waals surface area contributed by atoms with Crippen molar-refractivity contribution in [2.24, 2.45) is 0 Å². The molecule has 0 aliphatic carbocycles. The van der Waals surface area contributed by atoms with Gasteiger partial charge in [0.2, 0.25) is 0 Å². The molecule has 2 heterocycles. The zero-order valence-electron chi connectivity index (χ0n) is 15.1. The molecule has 2 unspecified atom stereocenters. The lowest BCUT2D eigenvalue weighted by atomic mass is 10.1. The van der Waals surface area contributed by atoms with Crippen molar-refractivity contribution in [2.75, 3.05) is 26.4 Å². The Hall–Kier alpha value is -0.990. The largest absolute Gasteiger partial charge is 0.460 e. The van der Waals surface area contributed by atoms with Crippen molar-refractivity contribution >= 4 is 5.97 Å². The maximum atomic E-state index is 11.4. The van der Waals surface area contributed by atoms with E-state index in [1.807, 2.05) is 27.7 Å². The third-order valence-corrected chi connectivity index (χ3v) is 3.77. The molecule has 0 spiro atoms. The Morgan fingerprint density at radius 3 is 1.96 bits per heavy atom. The minimum atomic E-state index is -0.659. The Balaban J connectivity index is 1.91. The predicted octanol–water partition coefficient (Wildman–Crippen LogP) is 1.79. The van der Waals surface area contributed by atoms with Crippen LogP contribution in [0.25, 0.3) is 0 Å². The molecule has 0 aromatic carbocycles. The van der Waals surface area contributed by atoms with Crippen LogP contribution < -0.4 is 0 Å². The fourth-order valence-electron chi connectivity index (χ4n) is 2.65. The van der Waals surface area contributed by atoms with Gasteiger partial charge < -0.3 is 28.4 Å². The normalized spacial score (nSPS) is 29.4. The summed E-state index contributed by atoms with van der Waals surface area (Å²) in [6.45, 7) is 13.7. The molecule has 2 atom stereocenters. The van der Waals surface area contributed by atoms with Crippen LogP contribution in [0.3, 0.4) is 0 Å². The molecule has 0 amide bonds. The lowest BCUT2D eigenvalue weighted by Gasteiger charge is -2.29. The first kappa shape index (κ1) is 19.3. The van der Waals surface area contributed by atoms with Crippen LogP contribution >= 0.6 is 0 Å². The van der Waals surface area contributed by atoms with Gasteiger partial charge in [-0.15, -0.1) is 0 Å². The molecule has 0 aromatic rings. The number of ether oxygens (including phenoxy) is 6. The number of hydrogen-bond donors (Lipinski definition) is 0. The van der Waals surface area contributed by atoms with Gasteiger partial charge in [-0.25, -0.2) is 4.79 Å². The minimum absolute atomic E-state index is 0.135. The highest BCUT2D eigenvalue weighted by Gasteiger charge is 2.46. The summed E-state index contributed by atoms with van der Waals surface area (Å²) in [5.41, 5.74) is 0.357. The fourth-order valence-corrected chi connectivity index (χ4v) is 2.65. The van der Waals surface area contributed by atoms with Gasteiger partial charge in [0.1, 0.15) is 24.9 Å². The fraction of sp³-hybridized carbons (Fsp3) is 0.824. The lowest BCUT2D eigenvalue weighted by molar-refractivity contribution is -0.190. The molecule has 24 heavy (non-hydrogen) atoms. The molecule has 7 heteroatoms. The average Bonchev–Trinajstić information content (AvgIpc) is 3.00. The van der Waals surface area contributed by atoms with E-state index in [9.17, 15) is 4.79 Å². The number of carbonyl (C=O) groups excluding carboxylic acids is 1. The summed E-state index contributed by atoms with van der Waals surface area (Å²) in [6, 6.07) is 0. The number of esters is 1. The van der Waals surface area contributed by atoms with E-state index in [-0.39, 0.29) is 31.5 Å². The van der Waals surface area contributed by atoms with Gasteiger partial charge in [-0.3, -0.25) is 0 Å². The van der Waals surface area contributed by atoms with Crippen LogP contribution in [0, 0.1) is 0 Å². The van der Waals surface area contributed by atoms with Crippen molar-refractivity contribution in [1.29, 1.82) is 0 Å². The zero-order valence-corrected chi connectivity index (χ0v) is 15.1. The molecule has 2 saturated heterocycles. The van der Waals surface area contributed by atoms with Crippen molar-refractivity contribution in [2.45, 2.75) is 64.5 Å². The summed E-state index contributed by atoms with van der Waals surface area (Å²) in [7, 11) is 0. The minimum Gasteiger partial charge on any atom is -0.460 e. The number of hydrogen-bond acceptors (Lipinski definition) is 7. The molecular weight excluding hydrogens is 316 g/mol. The first-order valence-corrected chi connectivity index (χ1v) is 8.17. The summed E-state index contributed by atoms with van der Waals surface area (Å²) < 4.78 is 34.0. The second kappa shape index (κ2) is 7.49. The van der Waals surface area contributed by atoms with Crippen molar-refractivity contribution in [3.63, 3.8) is 0 Å². The molecule has 7 nitrogen and oxygen atoms in total. The van der Waals surface area contributed by atoms with E-state index < -0.39 is 17.5 Å². The predicted molar refractivity (Wildman–Crippen MR) is 85.3 cm³/mol. The smallest absolute Gasteiger partial charge is 0.333 e. The molecule has 2 rings (SSSR count). The van der Waals surface area contributed by atoms with Gasteiger partial charge in [-0.05, 0) is 34.6 Å². The molecular formula is C17H28O7. The van der Waals surface area contributed by atoms with Crippen LogP contribution in [0.15, 0.2) is 12.2 Å². The van der Waals surface area contributed by atoms with E-state index in [2.05, 4.69) is 6.58 Å². The van der Waals surface area contributed by atoms with Gasteiger partial charge in [-0.1, -0.05) is 6.58 Å². The van der Waals surface area contributed by atoms with E-state index in [1.165, 1.54) is 0 Å². The van der Waals surface area contributed by atoms with Crippen LogP contribution in [-0.2, 0) is 33.2 Å². The maximum absolute atomic E-state index is 11.4. The maximum Gasteiger partial charge on any atom is 0.333 e. The Morgan fingerprint density at radius 1 is 1.08 bits per heavy atom. The number of rotatable bonds is 7. The van der Waals surface area contributed by atoms with Crippen molar-refractivity contribution in [3.05, 3.63) is 12.2 Å². The molecule has 2 fully saturated rings. The van der Waals surface area contributed by atoms with Crippen molar-refractivity contribution in [1.82, 2.24) is 0 Å². The third-order valence-electron chi connectivity index (χ3n) is 3.77. The van der Waals surface area contributed by atoms with E-state index in [0.29, 0.717) is 18.8 Å². The van der Waals surface area contributed by atoms with Gasteiger partial charge >= 0.3 is 5.97 Å². The Bertz CT molecular complexity index is 446. The lowest BCUT2D eigenvalue weighted by Crippen LogP contribution is -2.44. The average molecular weight is 344 g/mol. The topological polar surface area (TPSA) is 72.5 Å². The second-order valence-electron chi connectivity index (χ2n) is 6.99. The van der Waals surface area contributed by atoms with E-state index in [4.69, 9.17) is 28.4 Å². The number of carbonyl (C=O) groups is 1. The van der Waals surface area contributed by atoms with Crippen LogP contribution in [0.5, 0.6) is 0 Å². The van der Waals surface area contributed by atoms with Crippen LogP contribution in [0.4, 0.5) is 0 Å². The van der Waals surface area contributed by atoms with Gasteiger partial charge in [0, 0.05) is 5.57 Å². The summed E-state index contributed by atoms with van der Waals surface area (Å²) in [6.07, 6.45) is -0.934. The molecule has 0 aromatic heterocycles. The van der Waals surface area contributed by atoms with Gasteiger partial charge in [0.25, 0.3) is 0 Å². The molecule has 0 N–H and O–H groups in total. The van der Waals surface area contributed by atoms with E-state index >= 15 is 0 Å². The highest BCUT2D eigenvalue weighted by Crippen LogP contribution is 2.32. The summed E-state index contributed by atoms with van der Waals surface area (Å²) in [5, 5.41) is 0. The monoisotopic (exact) mass is 344 g/mol. The zero-order chi connectivity index (χ0) is 18.0. The molecule has 2 aliphatic rings. The highest BCUT2D eigenvalue weighted by molar-refractivity contribution is 5.86. The standard InChI is InChI=1S/C17H28O7/c1-11(2)15(18)20-8-7-19-14(12-9-21-16(3,4)23-12)13-10-22-17(5,6)24-13/h12-14H,1,7-10H2,2-6H3. The highest BCUT2D eigenvalue weighted by atomic mass is 16.8. The second-order valence-corrected chi connectivity index (χ2v) is 6.99. The molecule has 138 valence electrons. The Kier molecular flexibility index (Phi) is 6.04. The van der Waals surface area contributed by atoms with Crippen LogP contribution in [0.2, 0.25) is 0 Å². The van der Waals surface area contributed by atoms with Gasteiger partial charge in [0.15, 0.2) is 11.6 Å².